The van der Waals surface area contributed by atoms with E-state index in [-0.39, 0.29) is 6.23 Å². The van der Waals surface area contributed by atoms with Gasteiger partial charge in [-0.25, -0.2) is 0 Å². The van der Waals surface area contributed by atoms with Gasteiger partial charge in [0.25, 0.3) is 0 Å². The SMILES string of the molecule is CC(C)N(C(C)C)C(C)ON=C1CCCCCCCCCCC1. The van der Waals surface area contributed by atoms with Gasteiger partial charge >= 0.3 is 0 Å². The third kappa shape index (κ3) is 8.74. The molecule has 0 aromatic rings. The lowest BCUT2D eigenvalue weighted by Gasteiger charge is -2.34. The minimum absolute atomic E-state index is 0.0453. The van der Waals surface area contributed by atoms with Crippen LogP contribution < -0.4 is 0 Å². The fourth-order valence-electron chi connectivity index (χ4n) is 3.75. The van der Waals surface area contributed by atoms with Crippen LogP contribution in [-0.2, 0) is 4.84 Å². The Balaban J connectivity index is 2.54. The standard InChI is InChI=1S/C20H40N2O/c1-17(2)22(18(3)4)19(5)23-21-20-15-13-11-9-7-6-8-10-12-14-16-20/h17-19H,6-16H2,1-5H3. The fraction of sp³-hybridized carbons (Fsp3) is 0.950. The van der Waals surface area contributed by atoms with Crippen molar-refractivity contribution < 1.29 is 4.84 Å². The Morgan fingerprint density at radius 3 is 1.48 bits per heavy atom. The van der Waals surface area contributed by atoms with Crippen LogP contribution in [0.15, 0.2) is 5.16 Å². The average Bonchev–Trinajstić information content (AvgIpc) is 2.46. The highest BCUT2D eigenvalue weighted by atomic mass is 16.6. The molecule has 0 saturated heterocycles. The molecule has 0 bridgehead atoms. The maximum Gasteiger partial charge on any atom is 0.178 e. The van der Waals surface area contributed by atoms with Gasteiger partial charge in [-0.15, -0.1) is 0 Å². The van der Waals surface area contributed by atoms with Gasteiger partial charge in [-0.1, -0.05) is 50.1 Å². The fourth-order valence-corrected chi connectivity index (χ4v) is 3.75. The molecule has 136 valence electrons. The monoisotopic (exact) mass is 324 g/mol. The summed E-state index contributed by atoms with van der Waals surface area (Å²) in [6, 6.07) is 0.947. The minimum Gasteiger partial charge on any atom is -0.377 e. The molecule has 1 aliphatic carbocycles. The van der Waals surface area contributed by atoms with Crippen LogP contribution in [0.25, 0.3) is 0 Å². The number of nitrogens with zero attached hydrogens (tertiary/aromatic N) is 2. The van der Waals surface area contributed by atoms with E-state index in [0.717, 1.165) is 12.8 Å². The lowest BCUT2D eigenvalue weighted by Crippen LogP contribution is -2.44. The molecular weight excluding hydrogens is 284 g/mol. The topological polar surface area (TPSA) is 24.8 Å². The molecule has 1 atom stereocenters. The first-order chi connectivity index (χ1) is 11.0. The second-order valence-corrected chi connectivity index (χ2v) is 7.68. The Morgan fingerprint density at radius 1 is 0.696 bits per heavy atom. The predicted octanol–water partition coefficient (Wildman–Crippen LogP) is 6.13. The smallest absolute Gasteiger partial charge is 0.178 e. The average molecular weight is 325 g/mol. The molecule has 23 heavy (non-hydrogen) atoms. The Morgan fingerprint density at radius 2 is 1.09 bits per heavy atom. The lowest BCUT2D eigenvalue weighted by molar-refractivity contribution is -0.0756. The first-order valence-corrected chi connectivity index (χ1v) is 10.0. The maximum absolute atomic E-state index is 5.90. The molecule has 0 spiro atoms. The summed E-state index contributed by atoms with van der Waals surface area (Å²) in [5.41, 5.74) is 1.28. The highest BCUT2D eigenvalue weighted by Gasteiger charge is 2.21. The van der Waals surface area contributed by atoms with Gasteiger partial charge in [0.2, 0.25) is 0 Å². The van der Waals surface area contributed by atoms with E-state index in [4.69, 9.17) is 4.84 Å². The van der Waals surface area contributed by atoms with Crippen LogP contribution in [-0.4, -0.2) is 28.9 Å². The van der Waals surface area contributed by atoms with Gasteiger partial charge in [-0.3, -0.25) is 4.90 Å². The number of oxime groups is 1. The quantitative estimate of drug-likeness (QED) is 0.449. The molecule has 1 saturated carbocycles. The second-order valence-electron chi connectivity index (χ2n) is 7.68. The van der Waals surface area contributed by atoms with Crippen LogP contribution in [0.1, 0.15) is 105 Å². The lowest BCUT2D eigenvalue weighted by atomic mass is 10.00. The van der Waals surface area contributed by atoms with Crippen LogP contribution in [0.5, 0.6) is 0 Å². The molecular formula is C20H40N2O. The van der Waals surface area contributed by atoms with E-state index in [2.05, 4.69) is 44.7 Å². The first kappa shape index (κ1) is 20.5. The molecule has 3 nitrogen and oxygen atoms in total. The molecule has 0 amide bonds. The van der Waals surface area contributed by atoms with Gasteiger partial charge in [0.1, 0.15) is 0 Å². The molecule has 0 heterocycles. The van der Waals surface area contributed by atoms with Gasteiger partial charge in [-0.05, 0) is 60.3 Å². The Bertz CT molecular complexity index is 304. The molecule has 0 aromatic heterocycles. The number of rotatable bonds is 5. The Kier molecular flexibility index (Phi) is 10.6. The van der Waals surface area contributed by atoms with Crippen LogP contribution in [0, 0.1) is 0 Å². The van der Waals surface area contributed by atoms with E-state index >= 15 is 0 Å². The van der Waals surface area contributed by atoms with Gasteiger partial charge in [0.05, 0.1) is 5.71 Å². The van der Waals surface area contributed by atoms with Crippen molar-refractivity contribution in [3.8, 4) is 0 Å². The van der Waals surface area contributed by atoms with Crippen LogP contribution >= 0.6 is 0 Å². The molecule has 1 fully saturated rings. The third-order valence-corrected chi connectivity index (χ3v) is 4.88. The van der Waals surface area contributed by atoms with Crippen molar-refractivity contribution in [3.63, 3.8) is 0 Å². The van der Waals surface area contributed by atoms with Gasteiger partial charge < -0.3 is 4.84 Å². The van der Waals surface area contributed by atoms with Crippen molar-refractivity contribution in [2.24, 2.45) is 5.16 Å². The largest absolute Gasteiger partial charge is 0.377 e. The van der Waals surface area contributed by atoms with Crippen LogP contribution in [0.4, 0.5) is 0 Å². The molecule has 0 N–H and O–H groups in total. The van der Waals surface area contributed by atoms with Crippen molar-refractivity contribution in [1.29, 1.82) is 0 Å². The van der Waals surface area contributed by atoms with Crippen molar-refractivity contribution in [3.05, 3.63) is 0 Å². The zero-order chi connectivity index (χ0) is 17.1. The molecule has 0 aliphatic heterocycles. The van der Waals surface area contributed by atoms with Crippen molar-refractivity contribution in [2.45, 2.75) is 124 Å². The molecule has 0 radical (unpaired) electrons. The molecule has 1 rings (SSSR count). The van der Waals surface area contributed by atoms with Gasteiger partial charge in [-0.2, -0.15) is 0 Å². The second kappa shape index (κ2) is 11.9. The van der Waals surface area contributed by atoms with E-state index < -0.39 is 0 Å². The van der Waals surface area contributed by atoms with E-state index in [1.807, 2.05) is 0 Å². The minimum atomic E-state index is 0.0453. The van der Waals surface area contributed by atoms with Crippen LogP contribution in [0.3, 0.4) is 0 Å². The van der Waals surface area contributed by atoms with Crippen molar-refractivity contribution in [2.75, 3.05) is 0 Å². The Hall–Kier alpha value is -0.570. The summed E-state index contributed by atoms with van der Waals surface area (Å²) in [4.78, 5) is 8.28. The summed E-state index contributed by atoms with van der Waals surface area (Å²) < 4.78 is 0. The molecule has 3 heteroatoms. The highest BCUT2D eigenvalue weighted by Crippen LogP contribution is 2.17. The summed E-state index contributed by atoms with van der Waals surface area (Å²) in [5.74, 6) is 0. The predicted molar refractivity (Wildman–Crippen MR) is 101 cm³/mol. The summed E-state index contributed by atoms with van der Waals surface area (Å²) in [6.45, 7) is 11.0. The first-order valence-electron chi connectivity index (χ1n) is 10.0. The maximum atomic E-state index is 5.90. The number of hydrogen-bond acceptors (Lipinski definition) is 3. The van der Waals surface area contributed by atoms with Gasteiger partial charge in [0.15, 0.2) is 6.23 Å². The van der Waals surface area contributed by atoms with Crippen molar-refractivity contribution >= 4 is 5.71 Å². The summed E-state index contributed by atoms with van der Waals surface area (Å²) in [5, 5.41) is 4.57. The molecule has 0 aromatic carbocycles. The third-order valence-electron chi connectivity index (χ3n) is 4.88. The molecule has 1 unspecified atom stereocenters. The summed E-state index contributed by atoms with van der Waals surface area (Å²) in [7, 11) is 0. The molecule has 1 aliphatic rings. The van der Waals surface area contributed by atoms with E-state index in [0.29, 0.717) is 12.1 Å². The summed E-state index contributed by atoms with van der Waals surface area (Å²) >= 11 is 0. The highest BCUT2D eigenvalue weighted by molar-refractivity contribution is 5.83. The van der Waals surface area contributed by atoms with E-state index in [1.54, 1.807) is 0 Å². The number of hydrogen-bond donors (Lipinski definition) is 0. The normalized spacial score (nSPS) is 20.3. The van der Waals surface area contributed by atoms with Gasteiger partial charge in [0, 0.05) is 12.1 Å². The summed E-state index contributed by atoms with van der Waals surface area (Å²) in [6.07, 6.45) is 14.6. The van der Waals surface area contributed by atoms with E-state index in [1.165, 1.54) is 63.5 Å². The zero-order valence-electron chi connectivity index (χ0n) is 16.3. The Labute approximate surface area is 144 Å². The van der Waals surface area contributed by atoms with E-state index in [9.17, 15) is 0 Å². The van der Waals surface area contributed by atoms with Crippen molar-refractivity contribution in [1.82, 2.24) is 4.90 Å². The zero-order valence-corrected chi connectivity index (χ0v) is 16.3. The van der Waals surface area contributed by atoms with Crippen LogP contribution in [0.2, 0.25) is 0 Å².